The largest absolute Gasteiger partial charge is 0.495 e. The van der Waals surface area contributed by atoms with E-state index in [1.807, 2.05) is 0 Å². The molecule has 1 aliphatic carbocycles. The molecule has 0 spiro atoms. The van der Waals surface area contributed by atoms with Crippen molar-refractivity contribution in [2.45, 2.75) is 49.6 Å². The highest BCUT2D eigenvalue weighted by Gasteiger charge is 2.25. The van der Waals surface area contributed by atoms with Gasteiger partial charge in [0.2, 0.25) is 15.9 Å². The van der Waals surface area contributed by atoms with Gasteiger partial charge in [-0.3, -0.25) is 4.79 Å². The number of ether oxygens (including phenoxy) is 1. The van der Waals surface area contributed by atoms with Crippen molar-refractivity contribution < 1.29 is 17.9 Å². The van der Waals surface area contributed by atoms with Crippen molar-refractivity contribution >= 4 is 27.5 Å². The third-order valence-corrected chi connectivity index (χ3v) is 5.69. The van der Waals surface area contributed by atoms with E-state index in [1.165, 1.54) is 32.2 Å². The van der Waals surface area contributed by atoms with E-state index in [2.05, 4.69) is 10.0 Å². The van der Waals surface area contributed by atoms with Crippen LogP contribution in [0.4, 0.5) is 0 Å². The molecule has 1 aromatic carbocycles. The molecule has 2 N–H and O–H groups in total. The van der Waals surface area contributed by atoms with Crippen molar-refractivity contribution in [2.75, 3.05) is 7.11 Å². The summed E-state index contributed by atoms with van der Waals surface area (Å²) in [6.45, 7) is 1.52. The quantitative estimate of drug-likeness (QED) is 0.813. The Bertz CT molecular complexity index is 672. The van der Waals surface area contributed by atoms with Gasteiger partial charge < -0.3 is 10.1 Å². The second-order valence-corrected chi connectivity index (χ2v) is 7.75. The molecule has 1 aromatic rings. The zero-order valence-corrected chi connectivity index (χ0v) is 14.7. The maximum Gasteiger partial charge on any atom is 0.241 e. The molecule has 1 amide bonds. The second kappa shape index (κ2) is 7.51. The highest BCUT2D eigenvalue weighted by Crippen LogP contribution is 2.27. The Kier molecular flexibility index (Phi) is 5.89. The lowest BCUT2D eigenvalue weighted by Gasteiger charge is -2.18. The minimum absolute atomic E-state index is 0.0104. The first-order chi connectivity index (χ1) is 10.8. The lowest BCUT2D eigenvalue weighted by atomic mass is 10.2. The maximum atomic E-state index is 12.3. The number of hydrogen-bond acceptors (Lipinski definition) is 4. The van der Waals surface area contributed by atoms with Crippen LogP contribution in [0.25, 0.3) is 0 Å². The van der Waals surface area contributed by atoms with Crippen LogP contribution >= 0.6 is 11.6 Å². The van der Waals surface area contributed by atoms with E-state index in [1.54, 1.807) is 0 Å². The van der Waals surface area contributed by atoms with E-state index < -0.39 is 16.1 Å². The van der Waals surface area contributed by atoms with Crippen LogP contribution in [0.15, 0.2) is 23.1 Å². The molecule has 0 radical (unpaired) electrons. The first kappa shape index (κ1) is 18.0. The van der Waals surface area contributed by atoms with E-state index in [0.29, 0.717) is 5.75 Å². The number of carbonyl (C=O) groups excluding carboxylic acids is 1. The minimum atomic E-state index is -3.84. The van der Waals surface area contributed by atoms with Gasteiger partial charge >= 0.3 is 0 Å². The molecule has 0 saturated heterocycles. The molecule has 128 valence electrons. The van der Waals surface area contributed by atoms with Crippen LogP contribution in [0.5, 0.6) is 5.75 Å². The zero-order valence-electron chi connectivity index (χ0n) is 13.1. The van der Waals surface area contributed by atoms with Crippen LogP contribution in [0.1, 0.15) is 32.6 Å². The SMILES string of the molecule is COc1ccc(S(=O)(=O)N[C@@H](C)C(=O)NC2CCCC2)cc1Cl. The fraction of sp³-hybridized carbons (Fsp3) is 0.533. The molecule has 6 nitrogen and oxygen atoms in total. The number of benzene rings is 1. The highest BCUT2D eigenvalue weighted by atomic mass is 35.5. The second-order valence-electron chi connectivity index (χ2n) is 5.63. The third-order valence-electron chi connectivity index (χ3n) is 3.86. The first-order valence-corrected chi connectivity index (χ1v) is 9.36. The number of nitrogens with one attached hydrogen (secondary N) is 2. The van der Waals surface area contributed by atoms with E-state index in [4.69, 9.17) is 16.3 Å². The summed E-state index contributed by atoms with van der Waals surface area (Å²) in [7, 11) is -2.39. The summed E-state index contributed by atoms with van der Waals surface area (Å²) >= 11 is 5.95. The van der Waals surface area contributed by atoms with Gasteiger partial charge in [-0.1, -0.05) is 24.4 Å². The summed E-state index contributed by atoms with van der Waals surface area (Å²) in [6.07, 6.45) is 4.07. The molecule has 23 heavy (non-hydrogen) atoms. The maximum absolute atomic E-state index is 12.3. The van der Waals surface area contributed by atoms with Gasteiger partial charge in [0, 0.05) is 6.04 Å². The van der Waals surface area contributed by atoms with Gasteiger partial charge in [-0.05, 0) is 38.0 Å². The van der Waals surface area contributed by atoms with Crippen LogP contribution in [0.2, 0.25) is 5.02 Å². The van der Waals surface area contributed by atoms with E-state index in [-0.39, 0.29) is 21.9 Å². The summed E-state index contributed by atoms with van der Waals surface area (Å²) in [6, 6.07) is 3.44. The van der Waals surface area contributed by atoms with Gasteiger partial charge in [0.25, 0.3) is 0 Å². The van der Waals surface area contributed by atoms with Crippen molar-refractivity contribution in [1.29, 1.82) is 0 Å². The minimum Gasteiger partial charge on any atom is -0.495 e. The van der Waals surface area contributed by atoms with Crippen LogP contribution in [0.3, 0.4) is 0 Å². The van der Waals surface area contributed by atoms with Crippen LogP contribution in [0, 0.1) is 0 Å². The van der Waals surface area contributed by atoms with Crippen LogP contribution < -0.4 is 14.8 Å². The summed E-state index contributed by atoms with van der Waals surface area (Å²) in [5.41, 5.74) is 0. The zero-order chi connectivity index (χ0) is 17.0. The van der Waals surface area contributed by atoms with E-state index >= 15 is 0 Å². The molecule has 8 heteroatoms. The highest BCUT2D eigenvalue weighted by molar-refractivity contribution is 7.89. The van der Waals surface area contributed by atoms with Gasteiger partial charge in [-0.15, -0.1) is 0 Å². The Morgan fingerprint density at radius 3 is 2.57 bits per heavy atom. The predicted molar refractivity (Wildman–Crippen MR) is 88.2 cm³/mol. The molecule has 1 aliphatic rings. The molecule has 0 heterocycles. The van der Waals surface area contributed by atoms with Crippen molar-refractivity contribution in [2.24, 2.45) is 0 Å². The third kappa shape index (κ3) is 4.59. The number of rotatable bonds is 6. The Hall–Kier alpha value is -1.31. The fourth-order valence-electron chi connectivity index (χ4n) is 2.56. The normalized spacial score (nSPS) is 17.0. The monoisotopic (exact) mass is 360 g/mol. The first-order valence-electron chi connectivity index (χ1n) is 7.49. The summed E-state index contributed by atoms with van der Waals surface area (Å²) in [5.74, 6) is 0.0673. The van der Waals surface area contributed by atoms with Crippen molar-refractivity contribution in [3.8, 4) is 5.75 Å². The summed E-state index contributed by atoms with van der Waals surface area (Å²) in [4.78, 5) is 12.1. The topological polar surface area (TPSA) is 84.5 Å². The Morgan fingerprint density at radius 1 is 1.35 bits per heavy atom. The van der Waals surface area contributed by atoms with Gasteiger partial charge in [0.05, 0.1) is 23.1 Å². The lowest BCUT2D eigenvalue weighted by molar-refractivity contribution is -0.123. The molecule has 1 atom stereocenters. The lowest BCUT2D eigenvalue weighted by Crippen LogP contribution is -2.47. The molecule has 1 fully saturated rings. The Labute approximate surface area is 141 Å². The Morgan fingerprint density at radius 2 is 2.00 bits per heavy atom. The number of carbonyl (C=O) groups is 1. The Balaban J connectivity index is 2.04. The molecule has 0 aliphatic heterocycles. The fourth-order valence-corrected chi connectivity index (χ4v) is 4.12. The van der Waals surface area contributed by atoms with E-state index in [9.17, 15) is 13.2 Å². The van der Waals surface area contributed by atoms with Gasteiger partial charge in [-0.2, -0.15) is 4.72 Å². The number of hydrogen-bond donors (Lipinski definition) is 2. The average molecular weight is 361 g/mol. The van der Waals surface area contributed by atoms with Crippen molar-refractivity contribution in [3.05, 3.63) is 23.2 Å². The average Bonchev–Trinajstić information content (AvgIpc) is 2.99. The van der Waals surface area contributed by atoms with Crippen molar-refractivity contribution in [1.82, 2.24) is 10.0 Å². The number of methoxy groups -OCH3 is 1. The van der Waals surface area contributed by atoms with Gasteiger partial charge in [-0.25, -0.2) is 8.42 Å². The molecule has 0 bridgehead atoms. The molecular formula is C15H21ClN2O4S. The van der Waals surface area contributed by atoms with E-state index in [0.717, 1.165) is 25.7 Å². The van der Waals surface area contributed by atoms with Crippen LogP contribution in [-0.4, -0.2) is 33.5 Å². The standard InChI is InChI=1S/C15H21ClN2O4S/c1-10(15(19)17-11-5-3-4-6-11)18-23(20,21)12-7-8-14(22-2)13(16)9-12/h7-11,18H,3-6H2,1-2H3,(H,17,19)/t10-/m0/s1. The molecular weight excluding hydrogens is 340 g/mol. The number of amides is 1. The van der Waals surface area contributed by atoms with Crippen molar-refractivity contribution in [3.63, 3.8) is 0 Å². The van der Waals surface area contributed by atoms with Gasteiger partial charge in [0.15, 0.2) is 0 Å². The predicted octanol–water partition coefficient (Wildman–Crippen LogP) is 2.07. The molecule has 2 rings (SSSR count). The summed E-state index contributed by atoms with van der Waals surface area (Å²) < 4.78 is 32.1. The molecule has 0 unspecified atom stereocenters. The van der Waals surface area contributed by atoms with Crippen LogP contribution in [-0.2, 0) is 14.8 Å². The number of sulfonamides is 1. The summed E-state index contributed by atoms with van der Waals surface area (Å²) in [5, 5.41) is 3.06. The molecule has 1 saturated carbocycles. The molecule has 0 aromatic heterocycles. The van der Waals surface area contributed by atoms with Gasteiger partial charge in [0.1, 0.15) is 5.75 Å². The number of halogens is 1. The smallest absolute Gasteiger partial charge is 0.241 e.